The molecule has 2 atom stereocenters. The number of hydrogen-bond acceptors (Lipinski definition) is 3. The fourth-order valence-corrected chi connectivity index (χ4v) is 2.37. The van der Waals surface area contributed by atoms with Gasteiger partial charge in [-0.2, -0.15) is 0 Å². The SMILES string of the molecule is CCN1C[C@@H](OCCOC)C[C@H]1C(C)C. The zero-order chi connectivity index (χ0) is 11.3. The van der Waals surface area contributed by atoms with E-state index in [0.717, 1.165) is 25.6 Å². The number of ether oxygens (including phenoxy) is 2. The minimum Gasteiger partial charge on any atom is -0.382 e. The van der Waals surface area contributed by atoms with Crippen LogP contribution in [0.15, 0.2) is 0 Å². The summed E-state index contributed by atoms with van der Waals surface area (Å²) in [4.78, 5) is 2.53. The summed E-state index contributed by atoms with van der Waals surface area (Å²) in [6, 6.07) is 0.697. The fraction of sp³-hybridized carbons (Fsp3) is 1.00. The lowest BCUT2D eigenvalue weighted by atomic mass is 10.0. The average Bonchev–Trinajstić information content (AvgIpc) is 2.62. The van der Waals surface area contributed by atoms with Crippen molar-refractivity contribution in [3.05, 3.63) is 0 Å². The molecule has 1 rings (SSSR count). The normalized spacial score (nSPS) is 27.8. The lowest BCUT2D eigenvalue weighted by Gasteiger charge is -2.25. The molecule has 3 heteroatoms. The van der Waals surface area contributed by atoms with Crippen LogP contribution in [0.2, 0.25) is 0 Å². The first-order valence-electron chi connectivity index (χ1n) is 6.03. The summed E-state index contributed by atoms with van der Waals surface area (Å²) in [6.45, 7) is 10.5. The Morgan fingerprint density at radius 1 is 1.33 bits per heavy atom. The van der Waals surface area contributed by atoms with Crippen LogP contribution in [0.25, 0.3) is 0 Å². The smallest absolute Gasteiger partial charge is 0.0718 e. The van der Waals surface area contributed by atoms with Crippen LogP contribution < -0.4 is 0 Å². The molecule has 0 saturated carbocycles. The average molecular weight is 215 g/mol. The Bertz CT molecular complexity index is 173. The van der Waals surface area contributed by atoms with Crippen LogP contribution >= 0.6 is 0 Å². The van der Waals surface area contributed by atoms with Gasteiger partial charge in [0.15, 0.2) is 0 Å². The number of hydrogen-bond donors (Lipinski definition) is 0. The molecular formula is C12H25NO2. The van der Waals surface area contributed by atoms with E-state index in [-0.39, 0.29) is 0 Å². The summed E-state index contributed by atoms with van der Waals surface area (Å²) in [5.74, 6) is 0.723. The van der Waals surface area contributed by atoms with Crippen molar-refractivity contribution >= 4 is 0 Å². The van der Waals surface area contributed by atoms with Crippen molar-refractivity contribution in [3.8, 4) is 0 Å². The van der Waals surface area contributed by atoms with Gasteiger partial charge in [-0.05, 0) is 18.9 Å². The molecule has 0 spiro atoms. The molecule has 1 fully saturated rings. The zero-order valence-corrected chi connectivity index (χ0v) is 10.5. The van der Waals surface area contributed by atoms with Crippen LogP contribution in [0.4, 0.5) is 0 Å². The molecule has 3 nitrogen and oxygen atoms in total. The Morgan fingerprint density at radius 2 is 2.07 bits per heavy atom. The number of likely N-dealkylation sites (N-methyl/N-ethyl adjacent to an activating group) is 1. The van der Waals surface area contributed by atoms with E-state index < -0.39 is 0 Å². The number of likely N-dealkylation sites (tertiary alicyclic amines) is 1. The van der Waals surface area contributed by atoms with E-state index in [0.29, 0.717) is 18.8 Å². The van der Waals surface area contributed by atoms with Gasteiger partial charge in [0.2, 0.25) is 0 Å². The molecule has 0 N–H and O–H groups in total. The predicted octanol–water partition coefficient (Wildman–Crippen LogP) is 1.77. The highest BCUT2D eigenvalue weighted by molar-refractivity contribution is 4.87. The van der Waals surface area contributed by atoms with Crippen molar-refractivity contribution in [2.45, 2.75) is 39.3 Å². The highest BCUT2D eigenvalue weighted by atomic mass is 16.5. The van der Waals surface area contributed by atoms with Gasteiger partial charge in [-0.3, -0.25) is 4.90 Å². The second-order valence-corrected chi connectivity index (χ2v) is 4.62. The summed E-state index contributed by atoms with van der Waals surface area (Å²) >= 11 is 0. The maximum atomic E-state index is 5.79. The molecule has 1 aliphatic rings. The van der Waals surface area contributed by atoms with Crippen LogP contribution in [0.1, 0.15) is 27.2 Å². The largest absolute Gasteiger partial charge is 0.382 e. The van der Waals surface area contributed by atoms with Gasteiger partial charge < -0.3 is 9.47 Å². The van der Waals surface area contributed by atoms with Crippen LogP contribution in [0.5, 0.6) is 0 Å². The van der Waals surface area contributed by atoms with E-state index >= 15 is 0 Å². The van der Waals surface area contributed by atoms with Crippen LogP contribution in [-0.4, -0.2) is 50.5 Å². The first-order valence-corrected chi connectivity index (χ1v) is 6.03. The van der Waals surface area contributed by atoms with E-state index in [1.807, 2.05) is 0 Å². The Hall–Kier alpha value is -0.120. The van der Waals surface area contributed by atoms with Crippen LogP contribution in [-0.2, 0) is 9.47 Å². The van der Waals surface area contributed by atoms with Crippen molar-refractivity contribution in [3.63, 3.8) is 0 Å². The van der Waals surface area contributed by atoms with Crippen molar-refractivity contribution in [2.75, 3.05) is 33.4 Å². The van der Waals surface area contributed by atoms with Crippen molar-refractivity contribution in [1.29, 1.82) is 0 Å². The maximum absolute atomic E-state index is 5.79. The molecule has 1 aliphatic heterocycles. The predicted molar refractivity (Wildman–Crippen MR) is 62.1 cm³/mol. The number of nitrogens with zero attached hydrogens (tertiary/aromatic N) is 1. The molecule has 1 heterocycles. The fourth-order valence-electron chi connectivity index (χ4n) is 2.37. The second-order valence-electron chi connectivity index (χ2n) is 4.62. The molecule has 90 valence electrons. The van der Waals surface area contributed by atoms with Gasteiger partial charge in [0.1, 0.15) is 0 Å². The Balaban J connectivity index is 2.32. The van der Waals surface area contributed by atoms with E-state index in [1.165, 1.54) is 6.42 Å². The summed E-state index contributed by atoms with van der Waals surface area (Å²) < 4.78 is 10.8. The van der Waals surface area contributed by atoms with Crippen LogP contribution in [0, 0.1) is 5.92 Å². The molecule has 0 aliphatic carbocycles. The molecule has 1 saturated heterocycles. The number of rotatable bonds is 6. The molecule has 0 aromatic rings. The molecule has 0 bridgehead atoms. The van der Waals surface area contributed by atoms with E-state index in [9.17, 15) is 0 Å². The highest BCUT2D eigenvalue weighted by Crippen LogP contribution is 2.25. The van der Waals surface area contributed by atoms with Crippen molar-refractivity contribution < 1.29 is 9.47 Å². The van der Waals surface area contributed by atoms with E-state index in [1.54, 1.807) is 7.11 Å². The minimum absolute atomic E-state index is 0.410. The van der Waals surface area contributed by atoms with Gasteiger partial charge in [-0.1, -0.05) is 20.8 Å². The number of methoxy groups -OCH3 is 1. The van der Waals surface area contributed by atoms with Gasteiger partial charge in [0, 0.05) is 19.7 Å². The minimum atomic E-state index is 0.410. The third kappa shape index (κ3) is 3.74. The van der Waals surface area contributed by atoms with E-state index in [4.69, 9.17) is 9.47 Å². The van der Waals surface area contributed by atoms with Gasteiger partial charge in [-0.25, -0.2) is 0 Å². The van der Waals surface area contributed by atoms with Gasteiger partial charge >= 0.3 is 0 Å². The summed E-state index contributed by atoms with van der Waals surface area (Å²) in [5, 5.41) is 0. The van der Waals surface area contributed by atoms with Crippen molar-refractivity contribution in [1.82, 2.24) is 4.90 Å². The highest BCUT2D eigenvalue weighted by Gasteiger charge is 2.33. The second kappa shape index (κ2) is 6.46. The van der Waals surface area contributed by atoms with Crippen LogP contribution in [0.3, 0.4) is 0 Å². The maximum Gasteiger partial charge on any atom is 0.0718 e. The first kappa shape index (κ1) is 12.9. The third-order valence-corrected chi connectivity index (χ3v) is 3.23. The van der Waals surface area contributed by atoms with Gasteiger partial charge in [0.25, 0.3) is 0 Å². The third-order valence-electron chi connectivity index (χ3n) is 3.23. The summed E-state index contributed by atoms with van der Waals surface area (Å²) in [7, 11) is 1.72. The van der Waals surface area contributed by atoms with Gasteiger partial charge in [0.05, 0.1) is 19.3 Å². The lowest BCUT2D eigenvalue weighted by Crippen LogP contribution is -2.33. The Labute approximate surface area is 93.7 Å². The summed E-state index contributed by atoms with van der Waals surface area (Å²) in [6.07, 6.45) is 1.59. The molecule has 0 unspecified atom stereocenters. The monoisotopic (exact) mass is 215 g/mol. The molecule has 0 amide bonds. The molecule has 0 radical (unpaired) electrons. The standard InChI is InChI=1S/C12H25NO2/c1-5-13-9-11(15-7-6-14-4)8-12(13)10(2)3/h10-12H,5-9H2,1-4H3/t11-,12-/m0/s1. The first-order chi connectivity index (χ1) is 7.19. The molecule has 0 aromatic carbocycles. The molecular weight excluding hydrogens is 190 g/mol. The van der Waals surface area contributed by atoms with Crippen molar-refractivity contribution in [2.24, 2.45) is 5.92 Å². The van der Waals surface area contributed by atoms with E-state index in [2.05, 4.69) is 25.7 Å². The Morgan fingerprint density at radius 3 is 2.53 bits per heavy atom. The Kier molecular flexibility index (Phi) is 5.58. The van der Waals surface area contributed by atoms with Gasteiger partial charge in [-0.15, -0.1) is 0 Å². The summed E-state index contributed by atoms with van der Waals surface area (Å²) in [5.41, 5.74) is 0. The quantitative estimate of drug-likeness (QED) is 0.630. The lowest BCUT2D eigenvalue weighted by molar-refractivity contribution is 0.0222. The molecule has 0 aromatic heterocycles. The molecule has 15 heavy (non-hydrogen) atoms. The topological polar surface area (TPSA) is 21.7 Å². The zero-order valence-electron chi connectivity index (χ0n) is 10.5.